The number of carbonyl (C=O) groups is 9. The van der Waals surface area contributed by atoms with Crippen molar-refractivity contribution >= 4 is 61.5 Å². The Labute approximate surface area is 441 Å². The Balaban J connectivity index is 1.99. The van der Waals surface area contributed by atoms with Crippen molar-refractivity contribution in [3.8, 4) is 11.1 Å². The number of amides is 8. The van der Waals surface area contributed by atoms with E-state index in [4.69, 9.17) is 21.3 Å². The zero-order valence-corrected chi connectivity index (χ0v) is 45.3. The number of nitrogens with one attached hydrogen (secondary N) is 6. The van der Waals surface area contributed by atoms with Crippen LogP contribution in [0.5, 0.6) is 0 Å². The van der Waals surface area contributed by atoms with Crippen molar-refractivity contribution in [1.82, 2.24) is 41.4 Å². The molecule has 1 heterocycles. The zero-order chi connectivity index (χ0) is 57.1. The SMILES string of the molecule is C[C@H](NC(=O)OCC[Si](C)(C)C)C(=O)N[C@@H](C)C(=O)N[C@@H](CC(N)=O)C(=O)N[C@@H](CCN(C(=O)CO)[C@@H](c1cc(-c2cc(F)ccc2F)cn1Cc1ccccc1)C(C)(C)C)C(=O)NCCNC(=O)[C@H](N)CCC(=O)O. The maximum atomic E-state index is 15.4. The van der Waals surface area contributed by atoms with Crippen LogP contribution in [-0.2, 0) is 49.6 Å². The molecule has 22 nitrogen and oxygen atoms in total. The number of hydrogen-bond acceptors (Lipinski definition) is 12. The fraction of sp³-hybridized carbons (Fsp3) is 0.510. The monoisotopic (exact) mass is 1080 g/mol. The molecule has 0 radical (unpaired) electrons. The number of rotatable bonds is 29. The van der Waals surface area contributed by atoms with Crippen molar-refractivity contribution in [2.75, 3.05) is 32.8 Å². The van der Waals surface area contributed by atoms with Crippen molar-refractivity contribution in [1.29, 1.82) is 0 Å². The summed E-state index contributed by atoms with van der Waals surface area (Å²) < 4.78 is 36.9. The summed E-state index contributed by atoms with van der Waals surface area (Å²) >= 11 is 0. The van der Waals surface area contributed by atoms with Crippen molar-refractivity contribution in [2.24, 2.45) is 16.9 Å². The van der Waals surface area contributed by atoms with Crippen LogP contribution in [0.1, 0.15) is 77.6 Å². The molecule has 0 bridgehead atoms. The number of nitrogens with two attached hydrogens (primary N) is 2. The minimum atomic E-state index is -1.75. The fourth-order valence-corrected chi connectivity index (χ4v) is 8.50. The summed E-state index contributed by atoms with van der Waals surface area (Å²) in [5.41, 5.74) is 11.8. The lowest BCUT2D eigenvalue weighted by molar-refractivity contribution is -0.140. The van der Waals surface area contributed by atoms with Gasteiger partial charge in [-0.2, -0.15) is 0 Å². The van der Waals surface area contributed by atoms with Crippen LogP contribution < -0.4 is 43.4 Å². The molecule has 0 aliphatic heterocycles. The summed E-state index contributed by atoms with van der Waals surface area (Å²) in [7, 11) is -1.52. The molecule has 6 atom stereocenters. The van der Waals surface area contributed by atoms with E-state index in [2.05, 4.69) is 51.5 Å². The van der Waals surface area contributed by atoms with Gasteiger partial charge in [0, 0.05) is 63.7 Å². The molecule has 0 fully saturated rings. The Bertz CT molecular complexity index is 2520. The van der Waals surface area contributed by atoms with Crippen LogP contribution in [0.25, 0.3) is 11.1 Å². The lowest BCUT2D eigenvalue weighted by Gasteiger charge is -2.41. The van der Waals surface area contributed by atoms with E-state index in [-0.39, 0.29) is 56.8 Å². The quantitative estimate of drug-likeness (QED) is 0.0352. The van der Waals surface area contributed by atoms with Crippen LogP contribution in [0, 0.1) is 17.0 Å². The molecule has 12 N–H and O–H groups in total. The fourth-order valence-electron chi connectivity index (χ4n) is 7.79. The first-order valence-electron chi connectivity index (χ1n) is 24.8. The molecule has 0 aliphatic carbocycles. The molecule has 0 aliphatic rings. The summed E-state index contributed by atoms with van der Waals surface area (Å²) in [6.07, 6.45) is -0.974. The molecule has 0 saturated carbocycles. The number of halogens is 2. The number of aliphatic hydroxyl groups excluding tert-OH is 1. The van der Waals surface area contributed by atoms with E-state index in [9.17, 15) is 52.6 Å². The first-order valence-corrected chi connectivity index (χ1v) is 28.5. The first kappa shape index (κ1) is 63.0. The van der Waals surface area contributed by atoms with Crippen LogP contribution in [0.2, 0.25) is 25.7 Å². The molecule has 3 rings (SSSR count). The number of carboxylic acids is 1. The molecule has 2 aromatic carbocycles. The number of aromatic nitrogens is 1. The minimum Gasteiger partial charge on any atom is -0.481 e. The van der Waals surface area contributed by atoms with Crippen LogP contribution >= 0.6 is 0 Å². The van der Waals surface area contributed by atoms with Gasteiger partial charge in [0.15, 0.2) is 0 Å². The molecule has 8 amide bonds. The molecule has 1 aromatic heterocycles. The van der Waals surface area contributed by atoms with Gasteiger partial charge in [0.05, 0.1) is 25.1 Å². The number of primary amides is 1. The number of nitrogens with zero attached hydrogens (tertiary/aromatic N) is 2. The number of alkyl carbamates (subject to hydrolysis) is 1. The van der Waals surface area contributed by atoms with E-state index in [0.29, 0.717) is 11.7 Å². The van der Waals surface area contributed by atoms with Crippen molar-refractivity contribution in [3.63, 3.8) is 0 Å². The van der Waals surface area contributed by atoms with Crippen LogP contribution in [0.4, 0.5) is 13.6 Å². The smallest absolute Gasteiger partial charge is 0.407 e. The standard InChI is InChI=1S/C51H74F2N10O12Si/c1-30(58-45(69)31(2)59-50(74)75-22-23-76(6,7)8)46(70)61-39(26-41(55)65)49(73)60-38(48(72)57-20-19-56-47(71)37(54)16-17-43(67)68)18-21-63(42(66)29-64)44(51(3,4)5)40-24-33(35-25-34(52)14-15-36(35)53)28-62(40)27-32-12-10-9-11-13-32/h9-15,24-25,28,30-31,37-39,44,64H,16-23,26-27,29,54H2,1-8H3,(H2,55,65)(H,56,71)(H,57,72)(H,58,69)(H,59,74)(H,60,73)(H,61,70)(H,67,68)/t30-,31-,37+,38-,39-,44-/m0/s1. The summed E-state index contributed by atoms with van der Waals surface area (Å²) in [5, 5.41) is 34.1. The Kier molecular flexibility index (Phi) is 24.2. The van der Waals surface area contributed by atoms with E-state index in [1.54, 1.807) is 37.6 Å². The van der Waals surface area contributed by atoms with Gasteiger partial charge >= 0.3 is 12.1 Å². The number of carbonyl (C=O) groups excluding carboxylic acids is 8. The highest BCUT2D eigenvalue weighted by atomic mass is 28.3. The van der Waals surface area contributed by atoms with Crippen molar-refractivity contribution < 1.29 is 66.9 Å². The second kappa shape index (κ2) is 29.2. The van der Waals surface area contributed by atoms with E-state index in [0.717, 1.165) is 23.8 Å². The second-order valence-electron chi connectivity index (χ2n) is 20.7. The van der Waals surface area contributed by atoms with Crippen molar-refractivity contribution in [3.05, 3.63) is 83.7 Å². The second-order valence-corrected chi connectivity index (χ2v) is 26.3. The van der Waals surface area contributed by atoms with E-state index >= 15 is 4.39 Å². The summed E-state index contributed by atoms with van der Waals surface area (Å²) in [6, 6.07) is 6.42. The van der Waals surface area contributed by atoms with E-state index in [1.165, 1.54) is 18.7 Å². The highest BCUT2D eigenvalue weighted by Crippen LogP contribution is 2.41. The van der Waals surface area contributed by atoms with Gasteiger partial charge in [0.25, 0.3) is 0 Å². The van der Waals surface area contributed by atoms with Gasteiger partial charge in [-0.15, -0.1) is 0 Å². The molecule has 76 heavy (non-hydrogen) atoms. The molecule has 0 spiro atoms. The molecule has 25 heteroatoms. The molecule has 0 unspecified atom stereocenters. The van der Waals surface area contributed by atoms with Gasteiger partial charge < -0.3 is 67.8 Å². The Morgan fingerprint density at radius 2 is 1.39 bits per heavy atom. The summed E-state index contributed by atoms with van der Waals surface area (Å²) in [5.74, 6) is -8.91. The van der Waals surface area contributed by atoms with Gasteiger partial charge in [-0.05, 0) is 68.0 Å². The average molecular weight is 1090 g/mol. The largest absolute Gasteiger partial charge is 0.481 e. The number of carboxylic acid groups (broad SMARTS) is 1. The van der Waals surface area contributed by atoms with Gasteiger partial charge in [-0.1, -0.05) is 70.7 Å². The first-order chi connectivity index (χ1) is 35.5. The number of ether oxygens (including phenoxy) is 1. The predicted octanol–water partition coefficient (Wildman–Crippen LogP) is 2.01. The third-order valence-electron chi connectivity index (χ3n) is 11.9. The van der Waals surface area contributed by atoms with Crippen LogP contribution in [0.15, 0.2) is 60.8 Å². The molecular formula is C51H74F2N10O12Si. The molecule has 3 aromatic rings. The number of hydrogen-bond donors (Lipinski definition) is 10. The van der Waals surface area contributed by atoms with Gasteiger partial charge in [-0.25, -0.2) is 13.6 Å². The maximum Gasteiger partial charge on any atom is 0.407 e. The van der Waals surface area contributed by atoms with E-state index < -0.39 is 134 Å². The highest BCUT2D eigenvalue weighted by Gasteiger charge is 2.39. The number of benzene rings is 2. The maximum absolute atomic E-state index is 15.4. The third-order valence-corrected chi connectivity index (χ3v) is 13.6. The highest BCUT2D eigenvalue weighted by molar-refractivity contribution is 6.76. The lowest BCUT2D eigenvalue weighted by Crippen LogP contribution is -2.58. The predicted molar refractivity (Wildman–Crippen MR) is 279 cm³/mol. The number of aliphatic hydroxyl groups is 1. The third kappa shape index (κ3) is 20.8. The number of aliphatic carboxylic acids is 1. The van der Waals surface area contributed by atoms with Crippen molar-refractivity contribution in [2.45, 2.75) is 129 Å². The Hall–Kier alpha value is -7.25. The lowest BCUT2D eigenvalue weighted by atomic mass is 9.82. The van der Waals surface area contributed by atoms with Gasteiger partial charge in [-0.3, -0.25) is 38.4 Å². The molecule has 418 valence electrons. The van der Waals surface area contributed by atoms with Gasteiger partial charge in [0.2, 0.25) is 41.4 Å². The Morgan fingerprint density at radius 1 is 0.789 bits per heavy atom. The summed E-state index contributed by atoms with van der Waals surface area (Å²) in [6.45, 7) is 12.8. The minimum absolute atomic E-state index is 0.0651. The van der Waals surface area contributed by atoms with E-state index in [1.807, 2.05) is 30.3 Å². The van der Waals surface area contributed by atoms with Crippen LogP contribution in [-0.4, -0.2) is 144 Å². The average Bonchev–Trinajstić information content (AvgIpc) is 3.73. The van der Waals surface area contributed by atoms with Gasteiger partial charge in [0.1, 0.15) is 42.4 Å². The summed E-state index contributed by atoms with van der Waals surface area (Å²) in [4.78, 5) is 118. The molecular weight excluding hydrogens is 1010 g/mol. The van der Waals surface area contributed by atoms with Crippen LogP contribution in [0.3, 0.4) is 0 Å². The zero-order valence-electron chi connectivity index (χ0n) is 44.3. The normalized spacial score (nSPS) is 13.8. The Morgan fingerprint density at radius 3 is 1.99 bits per heavy atom. The topological polar surface area (TPSA) is 336 Å². The molecule has 0 saturated heterocycles.